The van der Waals surface area contributed by atoms with Crippen molar-refractivity contribution >= 4 is 17.4 Å². The van der Waals surface area contributed by atoms with Crippen LogP contribution in [0.5, 0.6) is 0 Å². The van der Waals surface area contributed by atoms with Crippen LogP contribution < -0.4 is 4.90 Å². The summed E-state index contributed by atoms with van der Waals surface area (Å²) in [4.78, 5) is 26.9. The summed E-state index contributed by atoms with van der Waals surface area (Å²) in [5, 5.41) is 10.6. The van der Waals surface area contributed by atoms with Crippen LogP contribution in [0.25, 0.3) is 0 Å². The van der Waals surface area contributed by atoms with Gasteiger partial charge in [0.1, 0.15) is 17.5 Å². The fraction of sp³-hybridized carbons (Fsp3) is 0.120. The molecule has 3 aromatic carbocycles. The highest BCUT2D eigenvalue weighted by atomic mass is 19.1. The maximum atomic E-state index is 14.6. The van der Waals surface area contributed by atoms with Gasteiger partial charge in [-0.1, -0.05) is 42.5 Å². The Labute approximate surface area is 182 Å². The molecule has 1 heterocycles. The van der Waals surface area contributed by atoms with Crippen LogP contribution >= 0.6 is 0 Å². The second-order valence-corrected chi connectivity index (χ2v) is 7.40. The summed E-state index contributed by atoms with van der Waals surface area (Å²) in [7, 11) is 0. The number of nitrogens with zero attached hydrogens (tertiary/aromatic N) is 1. The minimum absolute atomic E-state index is 0.0200. The first-order valence-electron chi connectivity index (χ1n) is 9.91. The van der Waals surface area contributed by atoms with Crippen molar-refractivity contribution < 1.29 is 27.9 Å². The van der Waals surface area contributed by atoms with E-state index in [1.54, 1.807) is 0 Å². The van der Waals surface area contributed by atoms with Crippen molar-refractivity contribution in [3.05, 3.63) is 113 Å². The van der Waals surface area contributed by atoms with Crippen LogP contribution in [0.1, 0.15) is 23.6 Å². The minimum atomic E-state index is -1.23. The summed E-state index contributed by atoms with van der Waals surface area (Å²) < 4.78 is 42.0. The van der Waals surface area contributed by atoms with Gasteiger partial charge in [-0.25, -0.2) is 13.2 Å². The Kier molecular flexibility index (Phi) is 5.81. The van der Waals surface area contributed by atoms with E-state index in [-0.39, 0.29) is 17.6 Å². The lowest BCUT2D eigenvalue weighted by Crippen LogP contribution is -2.32. The lowest BCUT2D eigenvalue weighted by molar-refractivity contribution is -0.118. The van der Waals surface area contributed by atoms with Crippen molar-refractivity contribution in [2.75, 3.05) is 4.90 Å². The van der Waals surface area contributed by atoms with Crippen molar-refractivity contribution in [2.24, 2.45) is 0 Å². The average molecular weight is 437 g/mol. The second kappa shape index (κ2) is 8.70. The van der Waals surface area contributed by atoms with Gasteiger partial charge in [-0.05, 0) is 41.8 Å². The molecule has 1 aliphatic rings. The van der Waals surface area contributed by atoms with E-state index in [2.05, 4.69) is 0 Å². The molecule has 0 bridgehead atoms. The molecule has 0 spiro atoms. The SMILES string of the molecule is O=C(CCc1ccccc1)C1=C(O)C(=O)N(c2cc(F)ccc2F)C1c1ccc(F)cc1. The van der Waals surface area contributed by atoms with Crippen molar-refractivity contribution in [2.45, 2.75) is 18.9 Å². The molecule has 3 aromatic rings. The number of rotatable bonds is 6. The van der Waals surface area contributed by atoms with Crippen molar-refractivity contribution in [3.63, 3.8) is 0 Å². The molecule has 4 nitrogen and oxygen atoms in total. The number of aryl methyl sites for hydroxylation is 1. The molecule has 0 aromatic heterocycles. The van der Waals surface area contributed by atoms with Crippen LogP contribution in [0.3, 0.4) is 0 Å². The van der Waals surface area contributed by atoms with E-state index in [0.29, 0.717) is 6.42 Å². The Morgan fingerprint density at radius 3 is 2.25 bits per heavy atom. The normalized spacial score (nSPS) is 16.0. The molecular formula is C25H18F3NO3. The predicted octanol–water partition coefficient (Wildman–Crippen LogP) is 5.21. The summed E-state index contributed by atoms with van der Waals surface area (Å²) in [6.07, 6.45) is 0.336. The van der Waals surface area contributed by atoms with Gasteiger partial charge >= 0.3 is 0 Å². The first kappa shape index (κ1) is 21.4. The second-order valence-electron chi connectivity index (χ2n) is 7.40. The molecule has 4 rings (SSSR count). The monoisotopic (exact) mass is 437 g/mol. The average Bonchev–Trinajstić information content (AvgIpc) is 3.05. The summed E-state index contributed by atoms with van der Waals surface area (Å²) in [5.74, 6) is -4.64. The molecule has 0 radical (unpaired) electrons. The van der Waals surface area contributed by atoms with E-state index in [0.717, 1.165) is 40.8 Å². The van der Waals surface area contributed by atoms with Gasteiger partial charge in [-0.15, -0.1) is 0 Å². The van der Waals surface area contributed by atoms with Crippen LogP contribution in [0.2, 0.25) is 0 Å². The molecule has 1 N–H and O–H groups in total. The lowest BCUT2D eigenvalue weighted by Gasteiger charge is -2.27. The van der Waals surface area contributed by atoms with Crippen LogP contribution in [-0.2, 0) is 16.0 Å². The van der Waals surface area contributed by atoms with Gasteiger partial charge in [0, 0.05) is 12.5 Å². The summed E-state index contributed by atoms with van der Waals surface area (Å²) in [6.45, 7) is 0. The van der Waals surface area contributed by atoms with Crippen LogP contribution in [0, 0.1) is 17.5 Å². The van der Waals surface area contributed by atoms with Gasteiger partial charge in [0.05, 0.1) is 17.3 Å². The summed E-state index contributed by atoms with van der Waals surface area (Å²) in [6, 6.07) is 15.4. The van der Waals surface area contributed by atoms with Gasteiger partial charge in [0.25, 0.3) is 5.91 Å². The van der Waals surface area contributed by atoms with Gasteiger partial charge in [-0.2, -0.15) is 0 Å². The number of benzene rings is 3. The molecule has 32 heavy (non-hydrogen) atoms. The van der Waals surface area contributed by atoms with Gasteiger partial charge < -0.3 is 5.11 Å². The van der Waals surface area contributed by atoms with E-state index >= 15 is 0 Å². The number of anilines is 1. The number of aliphatic hydroxyl groups excluding tert-OH is 1. The Hall–Kier alpha value is -3.87. The number of halogens is 3. The molecule has 1 unspecified atom stereocenters. The number of amides is 1. The van der Waals surface area contributed by atoms with Crippen LogP contribution in [-0.4, -0.2) is 16.8 Å². The third-order valence-electron chi connectivity index (χ3n) is 5.35. The summed E-state index contributed by atoms with van der Waals surface area (Å²) >= 11 is 0. The lowest BCUT2D eigenvalue weighted by atomic mass is 9.93. The first-order chi connectivity index (χ1) is 15.4. The summed E-state index contributed by atoms with van der Waals surface area (Å²) in [5.41, 5.74) is 0.495. The van der Waals surface area contributed by atoms with E-state index in [1.807, 2.05) is 30.3 Å². The van der Waals surface area contributed by atoms with E-state index < -0.39 is 46.6 Å². The number of carbonyl (C=O) groups is 2. The van der Waals surface area contributed by atoms with E-state index in [9.17, 15) is 27.9 Å². The maximum Gasteiger partial charge on any atom is 0.294 e. The maximum absolute atomic E-state index is 14.6. The molecule has 7 heteroatoms. The third-order valence-corrected chi connectivity index (χ3v) is 5.35. The fourth-order valence-corrected chi connectivity index (χ4v) is 3.81. The molecule has 0 fully saturated rings. The molecule has 0 saturated heterocycles. The van der Waals surface area contributed by atoms with Gasteiger partial charge in [0.15, 0.2) is 11.5 Å². The standard InChI is InChI=1S/C25H18F3NO3/c26-17-9-7-16(8-10-17)23-22(21(30)13-6-15-4-2-1-3-5-15)24(31)25(32)29(23)20-14-18(27)11-12-19(20)28/h1-5,7-12,14,23,31H,6,13H2. The highest BCUT2D eigenvalue weighted by Crippen LogP contribution is 2.42. The van der Waals surface area contributed by atoms with Crippen molar-refractivity contribution in [1.82, 2.24) is 0 Å². The first-order valence-corrected chi connectivity index (χ1v) is 9.91. The molecule has 1 atom stereocenters. The number of aliphatic hydroxyl groups is 1. The molecule has 0 aliphatic carbocycles. The van der Waals surface area contributed by atoms with Crippen molar-refractivity contribution in [3.8, 4) is 0 Å². The van der Waals surface area contributed by atoms with E-state index in [4.69, 9.17) is 0 Å². The van der Waals surface area contributed by atoms with Crippen molar-refractivity contribution in [1.29, 1.82) is 0 Å². The number of carbonyl (C=O) groups excluding carboxylic acids is 2. The minimum Gasteiger partial charge on any atom is -0.503 e. The van der Waals surface area contributed by atoms with Gasteiger partial charge in [-0.3, -0.25) is 14.5 Å². The number of ketones is 1. The quantitative estimate of drug-likeness (QED) is 0.576. The Balaban J connectivity index is 1.76. The Morgan fingerprint density at radius 1 is 0.906 bits per heavy atom. The zero-order valence-corrected chi connectivity index (χ0v) is 16.8. The largest absolute Gasteiger partial charge is 0.503 e. The predicted molar refractivity (Wildman–Crippen MR) is 112 cm³/mol. The molecular weight excluding hydrogens is 419 g/mol. The molecule has 0 saturated carbocycles. The van der Waals surface area contributed by atoms with Crippen LogP contribution in [0.4, 0.5) is 18.9 Å². The zero-order chi connectivity index (χ0) is 22.8. The zero-order valence-electron chi connectivity index (χ0n) is 16.8. The van der Waals surface area contributed by atoms with E-state index in [1.165, 1.54) is 12.1 Å². The Bertz CT molecular complexity index is 1210. The number of hydrogen-bond acceptors (Lipinski definition) is 3. The number of hydrogen-bond donors (Lipinski definition) is 1. The highest BCUT2D eigenvalue weighted by molar-refractivity contribution is 6.16. The number of Topliss-reactive ketones (excluding diaryl/α,β-unsaturated/α-hetero) is 1. The van der Waals surface area contributed by atoms with Crippen LogP contribution in [0.15, 0.2) is 84.1 Å². The molecule has 1 aliphatic heterocycles. The smallest absolute Gasteiger partial charge is 0.294 e. The molecule has 162 valence electrons. The third kappa shape index (κ3) is 4.01. The Morgan fingerprint density at radius 2 is 1.56 bits per heavy atom. The topological polar surface area (TPSA) is 57.6 Å². The fourth-order valence-electron chi connectivity index (χ4n) is 3.81. The highest BCUT2D eigenvalue weighted by Gasteiger charge is 2.45. The van der Waals surface area contributed by atoms with Gasteiger partial charge in [0.2, 0.25) is 0 Å². The molecule has 1 amide bonds.